The predicted octanol–water partition coefficient (Wildman–Crippen LogP) is 13.1. The van der Waals surface area contributed by atoms with E-state index in [1.165, 1.54) is 11.1 Å². The van der Waals surface area contributed by atoms with Crippen LogP contribution in [0.25, 0.3) is 66.6 Å². The van der Waals surface area contributed by atoms with E-state index < -0.39 is 0 Å². The van der Waals surface area contributed by atoms with Gasteiger partial charge in [-0.15, -0.1) is 9.13 Å². The van der Waals surface area contributed by atoms with Crippen molar-refractivity contribution in [1.82, 2.24) is 20.6 Å². The molecule has 406 valence electrons. The number of nitrogens with one attached hydrogen (secondary N) is 4. The summed E-state index contributed by atoms with van der Waals surface area (Å²) in [7, 11) is 0. The van der Waals surface area contributed by atoms with Crippen LogP contribution in [0.4, 0.5) is 22.7 Å². The number of anilines is 4. The molecule has 0 radical (unpaired) electrons. The Morgan fingerprint density at radius 2 is 0.713 bits per heavy atom. The van der Waals surface area contributed by atoms with Crippen LogP contribution in [0.1, 0.15) is 105 Å². The number of hydrogen-bond donors (Lipinski definition) is 6. The van der Waals surface area contributed by atoms with Gasteiger partial charge in [0, 0.05) is 109 Å². The van der Waals surface area contributed by atoms with Crippen LogP contribution in [0.5, 0.6) is 0 Å². The average molecular weight is 1060 g/mol. The lowest BCUT2D eigenvalue weighted by atomic mass is 10.0. The van der Waals surface area contributed by atoms with Crippen molar-refractivity contribution < 1.29 is 18.7 Å². The molecule has 12 nitrogen and oxygen atoms in total. The first kappa shape index (κ1) is 54.5. The minimum atomic E-state index is -0.0753. The molecular weight excluding hydrogens is 989 g/mol. The number of nitrogens with two attached hydrogens (primary N) is 2. The second kappa shape index (κ2) is 24.4. The van der Waals surface area contributed by atoms with Crippen LogP contribution in [0, 0.1) is 41.5 Å². The summed E-state index contributed by atoms with van der Waals surface area (Å²) in [6.07, 6.45) is 7.99. The fourth-order valence-corrected chi connectivity index (χ4v) is 10.6. The summed E-state index contributed by atoms with van der Waals surface area (Å²) in [4.78, 5) is 36.2. The SMILES string of the molecule is Cc1ccc(-[n+]2c3cc(N)c(C)cc3nc3cc(C)c(NCCCCCCNC(=O)c4ccc(-c5ccc(C(=O)NCCCCCCNc6cc7c(cc6C)nc6cc(C)c(N)cc6[n+]7-c6ccc(C)cc6)cc5)cc4)cc32)cc1. The number of nitrogens with zero attached hydrogens (tertiary/aromatic N) is 4. The van der Waals surface area contributed by atoms with Gasteiger partial charge in [0.1, 0.15) is 22.1 Å². The Hall–Kier alpha value is -8.90. The standard InChI is InChI=1S/C68H72N10O2/c1-43-15-27-53(28-16-43)77-63-39-55(69)45(3)35-59(63)75-61-37-47(5)57(41-65(61)77)71-31-11-7-9-13-33-73-67(79)51-23-19-49(20-24-51)50-21-25-52(26-22-50)68(80)74-34-14-10-8-12-32-72-58-42-66-62(38-48(58)6)76-60-36-46(4)56(70)40-64(60)78(66)54-29-17-44(2)18-30-54/h15-30,35-42H,7-14,31-34H2,1-6H3,(H6,69,70,71,72,73,74,79,80)/p+2. The lowest BCUT2D eigenvalue weighted by molar-refractivity contribution is -0.538. The van der Waals surface area contributed by atoms with Crippen molar-refractivity contribution in [2.45, 2.75) is 92.9 Å². The van der Waals surface area contributed by atoms with Crippen LogP contribution in [0.2, 0.25) is 0 Å². The highest BCUT2D eigenvalue weighted by Gasteiger charge is 2.24. The van der Waals surface area contributed by atoms with Gasteiger partial charge in [0.05, 0.1) is 0 Å². The van der Waals surface area contributed by atoms with Crippen molar-refractivity contribution >= 4 is 78.7 Å². The number of benzene rings is 8. The van der Waals surface area contributed by atoms with Gasteiger partial charge in [0.2, 0.25) is 33.4 Å². The quantitative estimate of drug-likeness (QED) is 0.0179. The Bertz CT molecular complexity index is 3640. The molecule has 2 aromatic heterocycles. The number of fused-ring (bicyclic) bond motifs is 4. The third-order valence-electron chi connectivity index (χ3n) is 15.4. The first-order valence-corrected chi connectivity index (χ1v) is 28.3. The van der Waals surface area contributed by atoms with Gasteiger partial charge in [-0.1, -0.05) is 85.3 Å². The summed E-state index contributed by atoms with van der Waals surface area (Å²) < 4.78 is 4.53. The maximum atomic E-state index is 13.1. The molecule has 0 saturated carbocycles. The van der Waals surface area contributed by atoms with Gasteiger partial charge < -0.3 is 32.7 Å². The highest BCUT2D eigenvalue weighted by molar-refractivity contribution is 5.96. The topological polar surface area (TPSA) is 168 Å². The molecule has 0 fully saturated rings. The van der Waals surface area contributed by atoms with Crippen molar-refractivity contribution in [2.24, 2.45) is 0 Å². The predicted molar refractivity (Wildman–Crippen MR) is 329 cm³/mol. The van der Waals surface area contributed by atoms with E-state index in [1.54, 1.807) is 0 Å². The van der Waals surface area contributed by atoms with Crippen molar-refractivity contribution in [3.63, 3.8) is 0 Å². The van der Waals surface area contributed by atoms with Crippen LogP contribution in [0.15, 0.2) is 146 Å². The van der Waals surface area contributed by atoms with E-state index >= 15 is 0 Å². The van der Waals surface area contributed by atoms with E-state index in [0.29, 0.717) is 24.2 Å². The molecule has 2 heterocycles. The van der Waals surface area contributed by atoms with Gasteiger partial charge in [-0.3, -0.25) is 9.59 Å². The summed E-state index contributed by atoms with van der Waals surface area (Å²) in [5.41, 5.74) is 36.3. The zero-order chi connectivity index (χ0) is 55.9. The number of aryl methyl sites for hydroxylation is 6. The van der Waals surface area contributed by atoms with Gasteiger partial charge >= 0.3 is 0 Å². The third-order valence-corrected chi connectivity index (χ3v) is 15.4. The van der Waals surface area contributed by atoms with Crippen molar-refractivity contribution in [2.75, 3.05) is 48.3 Å². The molecule has 12 heteroatoms. The molecule has 10 aromatic rings. The van der Waals surface area contributed by atoms with E-state index in [-0.39, 0.29) is 11.8 Å². The number of rotatable bonds is 21. The minimum absolute atomic E-state index is 0.0753. The number of nitrogen functional groups attached to an aromatic ring is 2. The van der Waals surface area contributed by atoms with Crippen molar-refractivity contribution in [3.8, 4) is 22.5 Å². The first-order chi connectivity index (χ1) is 38.8. The summed E-state index contributed by atoms with van der Waals surface area (Å²) >= 11 is 0. The largest absolute Gasteiger partial charge is 0.398 e. The summed E-state index contributed by atoms with van der Waals surface area (Å²) in [6.45, 7) is 15.4. The maximum absolute atomic E-state index is 13.1. The number of hydrogen-bond acceptors (Lipinski definition) is 8. The van der Waals surface area contributed by atoms with Crippen LogP contribution >= 0.6 is 0 Å². The fourth-order valence-electron chi connectivity index (χ4n) is 10.6. The normalized spacial score (nSPS) is 11.4. The Kier molecular flexibility index (Phi) is 16.6. The van der Waals surface area contributed by atoms with Gasteiger partial charge in [-0.25, -0.2) is 9.97 Å². The van der Waals surface area contributed by atoms with E-state index in [9.17, 15) is 9.59 Å². The van der Waals surface area contributed by atoms with Crippen LogP contribution in [-0.4, -0.2) is 48.0 Å². The second-order valence-electron chi connectivity index (χ2n) is 21.6. The third kappa shape index (κ3) is 12.3. The van der Waals surface area contributed by atoms with E-state index in [2.05, 4.69) is 143 Å². The molecule has 0 bridgehead atoms. The summed E-state index contributed by atoms with van der Waals surface area (Å²) in [6, 6.07) is 49.4. The molecule has 80 heavy (non-hydrogen) atoms. The Morgan fingerprint density at radius 3 is 1.07 bits per heavy atom. The zero-order valence-electron chi connectivity index (χ0n) is 47.1. The van der Waals surface area contributed by atoms with Crippen LogP contribution < -0.4 is 41.9 Å². The van der Waals surface area contributed by atoms with Crippen LogP contribution in [0.3, 0.4) is 0 Å². The molecule has 0 spiro atoms. The van der Waals surface area contributed by atoms with Gasteiger partial charge in [0.15, 0.2) is 0 Å². The van der Waals surface area contributed by atoms with Crippen LogP contribution in [-0.2, 0) is 0 Å². The van der Waals surface area contributed by atoms with E-state index in [4.69, 9.17) is 21.4 Å². The Morgan fingerprint density at radius 1 is 0.388 bits per heavy atom. The molecule has 0 aliphatic rings. The van der Waals surface area contributed by atoms with Gasteiger partial charge in [0.25, 0.3) is 11.8 Å². The fraction of sp³-hybridized carbons (Fsp3) is 0.265. The van der Waals surface area contributed by atoms with Crippen molar-refractivity contribution in [1.29, 1.82) is 0 Å². The number of aromatic nitrogens is 4. The Balaban J connectivity index is 0.626. The highest BCUT2D eigenvalue weighted by atomic mass is 16.2. The maximum Gasteiger partial charge on any atom is 0.251 e. The number of carbonyl (C=O) groups is 2. The summed E-state index contributed by atoms with van der Waals surface area (Å²) in [5.74, 6) is -0.151. The van der Waals surface area contributed by atoms with Gasteiger partial charge in [-0.2, -0.15) is 0 Å². The molecule has 0 unspecified atom stereocenters. The molecule has 2 amide bonds. The molecule has 0 aliphatic carbocycles. The van der Waals surface area contributed by atoms with Crippen molar-refractivity contribution in [3.05, 3.63) is 190 Å². The first-order valence-electron chi connectivity index (χ1n) is 28.3. The average Bonchev–Trinajstić information content (AvgIpc) is 3.60. The lowest BCUT2D eigenvalue weighted by Gasteiger charge is -2.12. The molecule has 8 N–H and O–H groups in total. The highest BCUT2D eigenvalue weighted by Crippen LogP contribution is 2.29. The van der Waals surface area contributed by atoms with Gasteiger partial charge in [-0.05, 0) is 149 Å². The molecule has 8 aromatic carbocycles. The monoisotopic (exact) mass is 1060 g/mol. The molecular formula is C68H74N10O2+2. The number of unbranched alkanes of at least 4 members (excludes halogenated alkanes) is 6. The van der Waals surface area contributed by atoms with E-state index in [1.807, 2.05) is 74.5 Å². The molecule has 0 saturated heterocycles. The minimum Gasteiger partial charge on any atom is -0.398 e. The zero-order valence-corrected chi connectivity index (χ0v) is 47.1. The number of carbonyl (C=O) groups excluding carboxylic acids is 2. The molecule has 10 rings (SSSR count). The summed E-state index contributed by atoms with van der Waals surface area (Å²) in [5, 5.41) is 13.6. The molecule has 0 aliphatic heterocycles. The molecule has 0 atom stereocenters. The smallest absolute Gasteiger partial charge is 0.251 e. The lowest BCUT2D eigenvalue weighted by Crippen LogP contribution is -2.33. The number of amides is 2. The van der Waals surface area contributed by atoms with E-state index in [0.717, 1.165) is 176 Å². The second-order valence-corrected chi connectivity index (χ2v) is 21.6. The Labute approximate surface area is 469 Å².